The van der Waals surface area contributed by atoms with Gasteiger partial charge in [0.2, 0.25) is 0 Å². The second-order valence-electron chi connectivity index (χ2n) is 4.03. The average Bonchev–Trinajstić information content (AvgIpc) is 2.41. The van der Waals surface area contributed by atoms with Gasteiger partial charge in [0.1, 0.15) is 0 Å². The molecule has 0 atom stereocenters. The smallest absolute Gasteiger partial charge is 0.301 e. The Bertz CT molecular complexity index is 439. The van der Waals surface area contributed by atoms with E-state index in [0.29, 0.717) is 6.04 Å². The van der Waals surface area contributed by atoms with Crippen LogP contribution in [0.15, 0.2) is 73.3 Å². The molecule has 0 aliphatic rings. The van der Waals surface area contributed by atoms with Gasteiger partial charge >= 0.3 is 8.41 Å². The van der Waals surface area contributed by atoms with Gasteiger partial charge in [-0.1, -0.05) is 66.7 Å². The summed E-state index contributed by atoms with van der Waals surface area (Å²) in [5.41, 5.74) is 0. The summed E-state index contributed by atoms with van der Waals surface area (Å²) in [6.45, 7) is 3.69. The van der Waals surface area contributed by atoms with Crippen molar-refractivity contribution in [3.8, 4) is 0 Å². The van der Waals surface area contributed by atoms with Crippen molar-refractivity contribution in [3.05, 3.63) is 73.3 Å². The minimum absolute atomic E-state index is 0.418. The summed E-state index contributed by atoms with van der Waals surface area (Å²) in [4.78, 5) is 0. The quantitative estimate of drug-likeness (QED) is 0.439. The normalized spacial score (nSPS) is 11.1. The Hall–Kier alpha value is -1.67. The van der Waals surface area contributed by atoms with Crippen molar-refractivity contribution < 1.29 is 4.11 Å². The number of rotatable bonds is 4. The first-order valence-corrected chi connectivity index (χ1v) is 7.77. The van der Waals surface area contributed by atoms with E-state index in [1.54, 1.807) is 6.08 Å². The van der Waals surface area contributed by atoms with Gasteiger partial charge in [-0.05, 0) is 16.4 Å². The average molecular weight is 242 g/mol. The van der Waals surface area contributed by atoms with Crippen LogP contribution in [-0.4, -0.2) is 8.41 Å². The van der Waals surface area contributed by atoms with Gasteiger partial charge in [-0.15, -0.1) is 6.58 Å². The van der Waals surface area contributed by atoms with Crippen molar-refractivity contribution in [2.24, 2.45) is 0 Å². The third kappa shape index (κ3) is 2.37. The van der Waals surface area contributed by atoms with Crippen molar-refractivity contribution in [1.29, 1.82) is 0 Å². The SMILES string of the molecule is C=CC[Si](F)(c1ccccc1)c1ccccc1. The van der Waals surface area contributed by atoms with Crippen LogP contribution in [0.3, 0.4) is 0 Å². The molecule has 0 heterocycles. The summed E-state index contributed by atoms with van der Waals surface area (Å²) in [6, 6.07) is 19.3. The Kier molecular flexibility index (Phi) is 3.54. The number of halogens is 1. The highest BCUT2D eigenvalue weighted by Gasteiger charge is 2.37. The topological polar surface area (TPSA) is 0 Å². The predicted octanol–water partition coefficient (Wildman–Crippen LogP) is 2.90. The number of hydrogen-bond acceptors (Lipinski definition) is 0. The van der Waals surface area contributed by atoms with Gasteiger partial charge < -0.3 is 4.11 Å². The molecule has 2 aromatic rings. The van der Waals surface area contributed by atoms with Crippen LogP contribution in [0, 0.1) is 0 Å². The lowest BCUT2D eigenvalue weighted by atomic mass is 10.4. The van der Waals surface area contributed by atoms with Crippen molar-refractivity contribution in [2.45, 2.75) is 6.04 Å². The van der Waals surface area contributed by atoms with Gasteiger partial charge in [0.25, 0.3) is 0 Å². The zero-order valence-electron chi connectivity index (χ0n) is 9.64. The zero-order chi connectivity index (χ0) is 12.1. The fourth-order valence-electron chi connectivity index (χ4n) is 2.01. The van der Waals surface area contributed by atoms with Gasteiger partial charge in [-0.2, -0.15) is 0 Å². The Morgan fingerprint density at radius 2 is 1.29 bits per heavy atom. The van der Waals surface area contributed by atoms with Gasteiger partial charge in [-0.25, -0.2) is 0 Å². The van der Waals surface area contributed by atoms with E-state index >= 15 is 4.11 Å². The lowest BCUT2D eigenvalue weighted by Crippen LogP contribution is -2.54. The highest BCUT2D eigenvalue weighted by Crippen LogP contribution is 2.13. The van der Waals surface area contributed by atoms with Crippen LogP contribution in [0.5, 0.6) is 0 Å². The maximum Gasteiger partial charge on any atom is 0.312 e. The zero-order valence-corrected chi connectivity index (χ0v) is 10.6. The molecule has 0 N–H and O–H groups in total. The fraction of sp³-hybridized carbons (Fsp3) is 0.0667. The highest BCUT2D eigenvalue weighted by atomic mass is 28.4. The van der Waals surface area contributed by atoms with Gasteiger partial charge in [0.05, 0.1) is 0 Å². The third-order valence-electron chi connectivity index (χ3n) is 2.89. The molecule has 0 nitrogen and oxygen atoms in total. The van der Waals surface area contributed by atoms with Gasteiger partial charge in [0.15, 0.2) is 0 Å². The number of hydrogen-bond donors (Lipinski definition) is 0. The van der Waals surface area contributed by atoms with Crippen LogP contribution >= 0.6 is 0 Å². The number of allylic oxidation sites excluding steroid dienone is 1. The van der Waals surface area contributed by atoms with Crippen LogP contribution in [-0.2, 0) is 0 Å². The molecule has 0 bridgehead atoms. The first kappa shape index (κ1) is 11.8. The van der Waals surface area contributed by atoms with Crippen molar-refractivity contribution >= 4 is 18.8 Å². The molecule has 2 aromatic carbocycles. The molecule has 0 radical (unpaired) electrons. The molecule has 0 unspecified atom stereocenters. The van der Waals surface area contributed by atoms with Crippen molar-refractivity contribution in [1.82, 2.24) is 0 Å². The first-order valence-electron chi connectivity index (χ1n) is 5.68. The predicted molar refractivity (Wildman–Crippen MR) is 74.0 cm³/mol. The third-order valence-corrected chi connectivity index (χ3v) is 6.24. The molecule has 0 saturated carbocycles. The second kappa shape index (κ2) is 5.10. The summed E-state index contributed by atoms with van der Waals surface area (Å²) in [5, 5.41) is 1.62. The van der Waals surface area contributed by atoms with Crippen LogP contribution in [0.25, 0.3) is 0 Å². The molecule has 17 heavy (non-hydrogen) atoms. The lowest BCUT2D eigenvalue weighted by Gasteiger charge is -2.21. The van der Waals surface area contributed by atoms with E-state index in [0.717, 1.165) is 10.4 Å². The van der Waals surface area contributed by atoms with Crippen LogP contribution < -0.4 is 10.4 Å². The van der Waals surface area contributed by atoms with Crippen LogP contribution in [0.4, 0.5) is 4.11 Å². The van der Waals surface area contributed by atoms with E-state index in [9.17, 15) is 0 Å². The first-order chi connectivity index (χ1) is 8.27. The highest BCUT2D eigenvalue weighted by molar-refractivity contribution is 6.97. The van der Waals surface area contributed by atoms with E-state index in [1.807, 2.05) is 60.7 Å². The molecule has 86 valence electrons. The largest absolute Gasteiger partial charge is 0.312 e. The van der Waals surface area contributed by atoms with Crippen molar-refractivity contribution in [2.75, 3.05) is 0 Å². The summed E-state index contributed by atoms with van der Waals surface area (Å²) < 4.78 is 15.3. The Morgan fingerprint density at radius 3 is 1.65 bits per heavy atom. The summed E-state index contributed by atoms with van der Waals surface area (Å²) in [6.07, 6.45) is 1.69. The fourth-order valence-corrected chi connectivity index (χ4v) is 4.65. The van der Waals surface area contributed by atoms with Crippen molar-refractivity contribution in [3.63, 3.8) is 0 Å². The molecular formula is C15H15FSi. The summed E-state index contributed by atoms with van der Waals surface area (Å²) >= 11 is 0. The second-order valence-corrected chi connectivity index (χ2v) is 7.19. The van der Waals surface area contributed by atoms with E-state index in [4.69, 9.17) is 0 Å². The molecule has 0 saturated heterocycles. The maximum absolute atomic E-state index is 15.3. The maximum atomic E-state index is 15.3. The Balaban J connectivity index is 2.50. The standard InChI is InChI=1S/C15H15FSi/c1-2-13-17(16,14-9-5-3-6-10-14)15-11-7-4-8-12-15/h2-12H,1,13H2. The monoisotopic (exact) mass is 242 g/mol. The van der Waals surface area contributed by atoms with E-state index in [-0.39, 0.29) is 0 Å². The molecule has 2 heteroatoms. The van der Waals surface area contributed by atoms with E-state index in [1.165, 1.54) is 0 Å². The molecule has 2 rings (SSSR count). The summed E-state index contributed by atoms with van der Waals surface area (Å²) in [5.74, 6) is 0. The lowest BCUT2D eigenvalue weighted by molar-refractivity contribution is 0.822. The van der Waals surface area contributed by atoms with Crippen LogP contribution in [0.2, 0.25) is 6.04 Å². The molecular weight excluding hydrogens is 227 g/mol. The summed E-state index contributed by atoms with van der Waals surface area (Å²) in [7, 11) is -3.12. The molecule has 0 spiro atoms. The Labute approximate surface area is 103 Å². The molecule has 0 amide bonds. The number of benzene rings is 2. The molecule has 0 fully saturated rings. The van der Waals surface area contributed by atoms with E-state index < -0.39 is 8.41 Å². The van der Waals surface area contributed by atoms with Gasteiger partial charge in [-0.3, -0.25) is 0 Å². The minimum Gasteiger partial charge on any atom is -0.301 e. The Morgan fingerprint density at radius 1 is 0.882 bits per heavy atom. The van der Waals surface area contributed by atoms with Gasteiger partial charge in [0, 0.05) is 0 Å². The molecule has 0 aliphatic carbocycles. The molecule has 0 aromatic heterocycles. The van der Waals surface area contributed by atoms with Crippen LogP contribution in [0.1, 0.15) is 0 Å². The van der Waals surface area contributed by atoms with E-state index in [2.05, 4.69) is 6.58 Å². The minimum atomic E-state index is -3.12. The molecule has 0 aliphatic heterocycles.